The number of carbonyl (C=O) groups is 2. The molecule has 104 valence electrons. The van der Waals surface area contributed by atoms with Crippen LogP contribution in [0.15, 0.2) is 0 Å². The summed E-state index contributed by atoms with van der Waals surface area (Å²) in [5.74, 6) is -0.878. The van der Waals surface area contributed by atoms with E-state index in [1.807, 2.05) is 25.9 Å². The number of nitrogens with zero attached hydrogens (tertiary/aromatic N) is 2. The lowest BCUT2D eigenvalue weighted by Gasteiger charge is -2.35. The molecule has 1 amide bonds. The molecule has 1 fully saturated rings. The van der Waals surface area contributed by atoms with E-state index in [9.17, 15) is 14.7 Å². The number of hydrogen-bond donors (Lipinski definition) is 1. The number of hydrogen-bond acceptors (Lipinski definition) is 3. The zero-order chi connectivity index (χ0) is 13.8. The molecular weight excluding hydrogens is 232 g/mol. The molecule has 0 aliphatic carbocycles. The Morgan fingerprint density at radius 3 is 2.56 bits per heavy atom. The van der Waals surface area contributed by atoms with Crippen LogP contribution in [0.3, 0.4) is 0 Å². The molecule has 0 aromatic rings. The van der Waals surface area contributed by atoms with Gasteiger partial charge in [-0.2, -0.15) is 0 Å². The van der Waals surface area contributed by atoms with Crippen LogP contribution in [0.1, 0.15) is 39.0 Å². The van der Waals surface area contributed by atoms with Gasteiger partial charge in [0.15, 0.2) is 0 Å². The Kier molecular flexibility index (Phi) is 5.14. The molecule has 1 saturated heterocycles. The summed E-state index contributed by atoms with van der Waals surface area (Å²) in [6, 6.07) is 0. The number of carbonyl (C=O) groups excluding carboxylic acids is 1. The van der Waals surface area contributed by atoms with E-state index in [4.69, 9.17) is 0 Å². The first-order valence-corrected chi connectivity index (χ1v) is 6.62. The van der Waals surface area contributed by atoms with Crippen molar-refractivity contribution in [1.82, 2.24) is 9.80 Å². The molecule has 1 aliphatic heterocycles. The first-order valence-electron chi connectivity index (χ1n) is 6.62. The van der Waals surface area contributed by atoms with Crippen molar-refractivity contribution >= 4 is 11.9 Å². The van der Waals surface area contributed by atoms with E-state index in [2.05, 4.69) is 0 Å². The summed E-state index contributed by atoms with van der Waals surface area (Å²) in [6.07, 6.45) is 3.11. The Labute approximate surface area is 109 Å². The monoisotopic (exact) mass is 256 g/mol. The smallest absolute Gasteiger partial charge is 0.329 e. The van der Waals surface area contributed by atoms with Crippen LogP contribution in [0.2, 0.25) is 0 Å². The lowest BCUT2D eigenvalue weighted by molar-refractivity contribution is -0.157. The predicted molar refractivity (Wildman–Crippen MR) is 69.4 cm³/mol. The van der Waals surface area contributed by atoms with Gasteiger partial charge in [-0.3, -0.25) is 4.79 Å². The molecule has 1 atom stereocenters. The SMILES string of the molecule is CCCC1(C(=O)O)CCCN1C(=O)CCN(C)C. The fourth-order valence-electron chi connectivity index (χ4n) is 2.70. The Morgan fingerprint density at radius 2 is 2.06 bits per heavy atom. The van der Waals surface area contributed by atoms with E-state index in [0.29, 0.717) is 32.4 Å². The highest BCUT2D eigenvalue weighted by atomic mass is 16.4. The van der Waals surface area contributed by atoms with Crippen molar-refractivity contribution in [2.45, 2.75) is 44.6 Å². The van der Waals surface area contributed by atoms with Crippen LogP contribution < -0.4 is 0 Å². The van der Waals surface area contributed by atoms with Crippen LogP contribution in [0.5, 0.6) is 0 Å². The minimum absolute atomic E-state index is 0.0305. The number of likely N-dealkylation sites (tertiary alicyclic amines) is 1. The van der Waals surface area contributed by atoms with Crippen LogP contribution in [-0.2, 0) is 9.59 Å². The topological polar surface area (TPSA) is 60.9 Å². The van der Waals surface area contributed by atoms with Crippen LogP contribution >= 0.6 is 0 Å². The first-order chi connectivity index (χ1) is 8.44. The number of carboxylic acid groups (broad SMARTS) is 1. The van der Waals surface area contributed by atoms with Crippen molar-refractivity contribution < 1.29 is 14.7 Å². The maximum absolute atomic E-state index is 12.2. The molecule has 18 heavy (non-hydrogen) atoms. The second-order valence-corrected chi connectivity index (χ2v) is 5.29. The van der Waals surface area contributed by atoms with E-state index in [1.54, 1.807) is 4.90 Å². The average molecular weight is 256 g/mol. The second-order valence-electron chi connectivity index (χ2n) is 5.29. The summed E-state index contributed by atoms with van der Waals surface area (Å²) in [5, 5.41) is 9.49. The summed E-state index contributed by atoms with van der Waals surface area (Å²) in [4.78, 5) is 27.3. The minimum atomic E-state index is -0.946. The highest BCUT2D eigenvalue weighted by Gasteiger charge is 2.48. The third kappa shape index (κ3) is 3.02. The molecule has 1 heterocycles. The largest absolute Gasteiger partial charge is 0.479 e. The lowest BCUT2D eigenvalue weighted by Crippen LogP contribution is -2.53. The zero-order valence-corrected chi connectivity index (χ0v) is 11.6. The molecule has 0 bridgehead atoms. The van der Waals surface area contributed by atoms with E-state index in [1.165, 1.54) is 0 Å². The van der Waals surface area contributed by atoms with Gasteiger partial charge in [0.05, 0.1) is 0 Å². The van der Waals surface area contributed by atoms with Gasteiger partial charge < -0.3 is 14.9 Å². The van der Waals surface area contributed by atoms with Crippen molar-refractivity contribution in [3.05, 3.63) is 0 Å². The fourth-order valence-corrected chi connectivity index (χ4v) is 2.70. The molecule has 1 aliphatic rings. The molecule has 1 rings (SSSR count). The fraction of sp³-hybridized carbons (Fsp3) is 0.846. The van der Waals surface area contributed by atoms with Crippen molar-refractivity contribution in [2.75, 3.05) is 27.2 Å². The summed E-state index contributed by atoms with van der Waals surface area (Å²) in [5.41, 5.74) is -0.946. The summed E-state index contributed by atoms with van der Waals surface area (Å²) in [7, 11) is 3.82. The van der Waals surface area contributed by atoms with Gasteiger partial charge >= 0.3 is 5.97 Å². The standard InChI is InChI=1S/C13H24N2O3/c1-4-7-13(12(17)18)8-5-9-15(13)11(16)6-10-14(2)3/h4-10H2,1-3H3,(H,17,18). The molecule has 0 spiro atoms. The van der Waals surface area contributed by atoms with Gasteiger partial charge in [0.25, 0.3) is 0 Å². The molecular formula is C13H24N2O3. The lowest BCUT2D eigenvalue weighted by atomic mass is 9.90. The summed E-state index contributed by atoms with van der Waals surface area (Å²) < 4.78 is 0. The number of rotatable bonds is 6. The summed E-state index contributed by atoms with van der Waals surface area (Å²) in [6.45, 7) is 3.21. The van der Waals surface area contributed by atoms with Gasteiger partial charge in [0.2, 0.25) is 5.91 Å². The van der Waals surface area contributed by atoms with Crippen molar-refractivity contribution in [3.63, 3.8) is 0 Å². The minimum Gasteiger partial charge on any atom is -0.479 e. The van der Waals surface area contributed by atoms with Gasteiger partial charge in [0, 0.05) is 19.5 Å². The molecule has 1 unspecified atom stereocenters. The third-order valence-corrected chi connectivity index (χ3v) is 3.62. The van der Waals surface area contributed by atoms with E-state index < -0.39 is 11.5 Å². The van der Waals surface area contributed by atoms with Crippen molar-refractivity contribution in [3.8, 4) is 0 Å². The van der Waals surface area contributed by atoms with Crippen LogP contribution in [0.25, 0.3) is 0 Å². The quantitative estimate of drug-likeness (QED) is 0.775. The molecule has 1 N–H and O–H groups in total. The average Bonchev–Trinajstić information content (AvgIpc) is 2.71. The number of carboxylic acids is 1. The highest BCUT2D eigenvalue weighted by molar-refractivity contribution is 5.87. The van der Waals surface area contributed by atoms with Crippen molar-refractivity contribution in [1.29, 1.82) is 0 Å². The molecule has 0 radical (unpaired) electrons. The highest BCUT2D eigenvalue weighted by Crippen LogP contribution is 2.34. The maximum atomic E-state index is 12.2. The van der Waals surface area contributed by atoms with Gasteiger partial charge in [0.1, 0.15) is 5.54 Å². The van der Waals surface area contributed by atoms with Gasteiger partial charge in [-0.15, -0.1) is 0 Å². The Morgan fingerprint density at radius 1 is 1.39 bits per heavy atom. The molecule has 5 heteroatoms. The van der Waals surface area contributed by atoms with Gasteiger partial charge in [-0.05, 0) is 33.4 Å². The van der Waals surface area contributed by atoms with Crippen molar-refractivity contribution in [2.24, 2.45) is 0 Å². The van der Waals surface area contributed by atoms with E-state index in [-0.39, 0.29) is 5.91 Å². The number of amides is 1. The zero-order valence-electron chi connectivity index (χ0n) is 11.6. The Bertz CT molecular complexity index is 317. The normalized spacial score (nSPS) is 23.7. The number of aliphatic carboxylic acids is 1. The van der Waals surface area contributed by atoms with E-state index >= 15 is 0 Å². The summed E-state index contributed by atoms with van der Waals surface area (Å²) >= 11 is 0. The van der Waals surface area contributed by atoms with Crippen LogP contribution in [-0.4, -0.2) is 59.5 Å². The van der Waals surface area contributed by atoms with Crippen LogP contribution in [0.4, 0.5) is 0 Å². The maximum Gasteiger partial charge on any atom is 0.329 e. The van der Waals surface area contributed by atoms with E-state index in [0.717, 1.165) is 12.8 Å². The Hall–Kier alpha value is -1.10. The third-order valence-electron chi connectivity index (χ3n) is 3.62. The molecule has 0 saturated carbocycles. The molecule has 0 aromatic carbocycles. The first kappa shape index (κ1) is 15.0. The molecule has 5 nitrogen and oxygen atoms in total. The second kappa shape index (κ2) is 6.18. The Balaban J connectivity index is 2.78. The van der Waals surface area contributed by atoms with Gasteiger partial charge in [-0.1, -0.05) is 13.3 Å². The molecule has 0 aromatic heterocycles. The predicted octanol–water partition coefficient (Wildman–Crippen LogP) is 1.18. The van der Waals surface area contributed by atoms with Gasteiger partial charge in [-0.25, -0.2) is 4.79 Å². The van der Waals surface area contributed by atoms with Crippen LogP contribution in [0, 0.1) is 0 Å².